The third kappa shape index (κ3) is 2.18. The van der Waals surface area contributed by atoms with Gasteiger partial charge in [-0.05, 0) is 0 Å². The van der Waals surface area contributed by atoms with E-state index in [2.05, 4.69) is 16.0 Å². The molecule has 68 valence electrons. The van der Waals surface area contributed by atoms with Gasteiger partial charge in [0.1, 0.15) is 6.04 Å². The molecular weight excluding hydrogens is 162 g/mol. The van der Waals surface area contributed by atoms with Crippen LogP contribution in [0.5, 0.6) is 0 Å². The predicted octanol–water partition coefficient (Wildman–Crippen LogP) is -2.22. The first kappa shape index (κ1) is 8.95. The monoisotopic (exact) mass is 173 g/mol. The molecule has 1 saturated heterocycles. The molecule has 1 fully saturated rings. The molecule has 6 nitrogen and oxygen atoms in total. The van der Waals surface area contributed by atoms with Crippen LogP contribution in [0, 0.1) is 0 Å². The molecule has 0 aromatic carbocycles. The molecule has 0 spiro atoms. The molecule has 1 aliphatic rings. The van der Waals surface area contributed by atoms with Crippen molar-refractivity contribution in [3.63, 3.8) is 0 Å². The summed E-state index contributed by atoms with van der Waals surface area (Å²) in [7, 11) is 0. The van der Waals surface area contributed by atoms with Gasteiger partial charge in [-0.2, -0.15) is 0 Å². The molecule has 1 rings (SSSR count). The van der Waals surface area contributed by atoms with Crippen molar-refractivity contribution in [1.29, 1.82) is 0 Å². The van der Waals surface area contributed by atoms with Gasteiger partial charge in [-0.1, -0.05) is 0 Å². The van der Waals surface area contributed by atoms with Crippen molar-refractivity contribution in [2.75, 3.05) is 19.7 Å². The van der Waals surface area contributed by atoms with Crippen LogP contribution >= 0.6 is 0 Å². The summed E-state index contributed by atoms with van der Waals surface area (Å²) in [6, 6.07) is -0.906. The number of carbonyl (C=O) groups excluding carboxylic acids is 2. The number of aliphatic hydroxyl groups excluding tert-OH is 1. The molecular formula is C6H11N3O3. The van der Waals surface area contributed by atoms with Gasteiger partial charge in [0.2, 0.25) is 5.91 Å². The van der Waals surface area contributed by atoms with E-state index in [4.69, 9.17) is 5.11 Å². The van der Waals surface area contributed by atoms with Crippen LogP contribution in [0.3, 0.4) is 0 Å². The zero-order chi connectivity index (χ0) is 8.97. The summed E-state index contributed by atoms with van der Waals surface area (Å²) in [5, 5.41) is 15.8. The maximum absolute atomic E-state index is 11.0. The van der Waals surface area contributed by atoms with Crippen LogP contribution in [0.2, 0.25) is 0 Å². The second kappa shape index (κ2) is 4.03. The smallest absolute Gasteiger partial charge is 0.321 e. The fourth-order valence-corrected chi connectivity index (χ4v) is 0.934. The van der Waals surface area contributed by atoms with Gasteiger partial charge in [-0.3, -0.25) is 10.1 Å². The minimum absolute atomic E-state index is 0.0300. The lowest BCUT2D eigenvalue weighted by atomic mass is 10.2. The maximum atomic E-state index is 11.0. The van der Waals surface area contributed by atoms with Gasteiger partial charge < -0.3 is 15.7 Å². The third-order valence-corrected chi connectivity index (χ3v) is 1.52. The van der Waals surface area contributed by atoms with Crippen molar-refractivity contribution < 1.29 is 14.7 Å². The minimum atomic E-state index is -0.470. The van der Waals surface area contributed by atoms with E-state index in [9.17, 15) is 9.59 Å². The molecule has 1 aliphatic heterocycles. The minimum Gasteiger partial charge on any atom is -0.395 e. The van der Waals surface area contributed by atoms with Crippen LogP contribution in [0.15, 0.2) is 0 Å². The summed E-state index contributed by atoms with van der Waals surface area (Å²) in [5.74, 6) is -0.354. The van der Waals surface area contributed by atoms with Crippen molar-refractivity contribution in [3.05, 3.63) is 0 Å². The van der Waals surface area contributed by atoms with Gasteiger partial charge in [0.25, 0.3) is 0 Å². The topological polar surface area (TPSA) is 90.5 Å². The molecule has 0 radical (unpaired) electrons. The van der Waals surface area contributed by atoms with Crippen LogP contribution in [0.1, 0.15) is 0 Å². The summed E-state index contributed by atoms with van der Waals surface area (Å²) >= 11 is 0. The average molecular weight is 173 g/mol. The van der Waals surface area contributed by atoms with Crippen LogP contribution in [0.4, 0.5) is 4.79 Å². The second-order valence-electron chi connectivity index (χ2n) is 2.43. The Labute approximate surface area is 69.3 Å². The van der Waals surface area contributed by atoms with Gasteiger partial charge in [0.15, 0.2) is 0 Å². The van der Waals surface area contributed by atoms with Gasteiger partial charge in [0.05, 0.1) is 6.61 Å². The largest absolute Gasteiger partial charge is 0.395 e. The standard InChI is InChI=1S/C6H11N3O3/c10-2-1-7-4-3-8-6(12)9-5(4)11/h4,7,10H,1-3H2,(H2,8,9,11,12). The van der Waals surface area contributed by atoms with Crippen LogP contribution in [0.25, 0.3) is 0 Å². The molecule has 6 heteroatoms. The summed E-state index contributed by atoms with van der Waals surface area (Å²) in [4.78, 5) is 21.6. The Morgan fingerprint density at radius 1 is 1.58 bits per heavy atom. The molecule has 0 aromatic heterocycles. The summed E-state index contributed by atoms with van der Waals surface area (Å²) in [6.45, 7) is 0.580. The highest BCUT2D eigenvalue weighted by molar-refractivity contribution is 5.99. The van der Waals surface area contributed by atoms with E-state index in [0.29, 0.717) is 6.54 Å². The molecule has 1 heterocycles. The van der Waals surface area contributed by atoms with Gasteiger partial charge in [-0.25, -0.2) is 4.79 Å². The lowest BCUT2D eigenvalue weighted by Crippen LogP contribution is -2.60. The Hall–Kier alpha value is -1.14. The third-order valence-electron chi connectivity index (χ3n) is 1.52. The van der Waals surface area contributed by atoms with E-state index in [1.807, 2.05) is 0 Å². The first-order valence-corrected chi connectivity index (χ1v) is 3.67. The molecule has 0 bridgehead atoms. The predicted molar refractivity (Wildman–Crippen MR) is 40.4 cm³/mol. The zero-order valence-corrected chi connectivity index (χ0v) is 6.46. The number of hydrogen-bond acceptors (Lipinski definition) is 4. The number of imide groups is 1. The number of hydrogen-bond donors (Lipinski definition) is 4. The summed E-state index contributed by atoms with van der Waals surface area (Å²) < 4.78 is 0. The number of nitrogens with one attached hydrogen (secondary N) is 3. The van der Waals surface area contributed by atoms with Crippen LogP contribution in [-0.4, -0.2) is 42.8 Å². The highest BCUT2D eigenvalue weighted by Gasteiger charge is 2.24. The Bertz CT molecular complexity index is 194. The molecule has 0 saturated carbocycles. The normalized spacial score (nSPS) is 23.2. The Morgan fingerprint density at radius 3 is 2.92 bits per heavy atom. The van der Waals surface area contributed by atoms with E-state index in [-0.39, 0.29) is 19.1 Å². The van der Waals surface area contributed by atoms with Crippen molar-refractivity contribution in [2.45, 2.75) is 6.04 Å². The van der Waals surface area contributed by atoms with Crippen molar-refractivity contribution in [3.8, 4) is 0 Å². The summed E-state index contributed by atoms with van der Waals surface area (Å²) in [5.41, 5.74) is 0. The van der Waals surface area contributed by atoms with Crippen LogP contribution in [-0.2, 0) is 4.79 Å². The molecule has 3 amide bonds. The first-order valence-electron chi connectivity index (χ1n) is 3.67. The molecule has 1 atom stereocenters. The molecule has 0 aromatic rings. The van der Waals surface area contributed by atoms with Crippen molar-refractivity contribution >= 4 is 11.9 Å². The second-order valence-corrected chi connectivity index (χ2v) is 2.43. The number of amides is 3. The average Bonchev–Trinajstić information content (AvgIpc) is 2.03. The van der Waals surface area contributed by atoms with Crippen LogP contribution < -0.4 is 16.0 Å². The molecule has 1 unspecified atom stereocenters. The van der Waals surface area contributed by atoms with E-state index in [1.54, 1.807) is 0 Å². The fraction of sp³-hybridized carbons (Fsp3) is 0.667. The van der Waals surface area contributed by atoms with Crippen molar-refractivity contribution in [2.24, 2.45) is 0 Å². The highest BCUT2D eigenvalue weighted by atomic mass is 16.3. The van der Waals surface area contributed by atoms with E-state index >= 15 is 0 Å². The number of aliphatic hydroxyl groups is 1. The maximum Gasteiger partial charge on any atom is 0.321 e. The highest BCUT2D eigenvalue weighted by Crippen LogP contribution is 1.87. The molecule has 12 heavy (non-hydrogen) atoms. The fourth-order valence-electron chi connectivity index (χ4n) is 0.934. The lowest BCUT2D eigenvalue weighted by Gasteiger charge is -2.22. The Kier molecular flexibility index (Phi) is 3.01. The van der Waals surface area contributed by atoms with Gasteiger partial charge >= 0.3 is 6.03 Å². The first-order chi connectivity index (χ1) is 5.74. The molecule has 0 aliphatic carbocycles. The van der Waals surface area contributed by atoms with Gasteiger partial charge in [-0.15, -0.1) is 0 Å². The number of carbonyl (C=O) groups is 2. The van der Waals surface area contributed by atoms with E-state index < -0.39 is 12.1 Å². The van der Waals surface area contributed by atoms with Crippen molar-refractivity contribution in [1.82, 2.24) is 16.0 Å². The Balaban J connectivity index is 2.35. The Morgan fingerprint density at radius 2 is 2.33 bits per heavy atom. The zero-order valence-electron chi connectivity index (χ0n) is 6.46. The van der Waals surface area contributed by atoms with Gasteiger partial charge in [0, 0.05) is 13.1 Å². The number of urea groups is 1. The van der Waals surface area contributed by atoms with E-state index in [0.717, 1.165) is 0 Å². The number of rotatable bonds is 3. The SMILES string of the molecule is O=C1NCC(NCCO)C(=O)N1. The lowest BCUT2D eigenvalue weighted by molar-refractivity contribution is -0.122. The van der Waals surface area contributed by atoms with E-state index in [1.165, 1.54) is 0 Å². The quantitative estimate of drug-likeness (QED) is 0.389. The summed E-state index contributed by atoms with van der Waals surface area (Å²) in [6.07, 6.45) is 0. The molecule has 4 N–H and O–H groups in total.